The number of nitrogens with two attached hydrogens (primary N) is 2. The molecule has 7 heteroatoms. The van der Waals surface area contributed by atoms with Crippen LogP contribution < -0.4 is 11.5 Å². The first-order valence-electron chi connectivity index (χ1n) is 5.74. The third-order valence-electron chi connectivity index (χ3n) is 3.21. The molecule has 5 nitrogen and oxygen atoms in total. The zero-order chi connectivity index (χ0) is 14.4. The summed E-state index contributed by atoms with van der Waals surface area (Å²) in [5, 5.41) is 0. The van der Waals surface area contributed by atoms with Crippen molar-refractivity contribution in [3.8, 4) is 0 Å². The van der Waals surface area contributed by atoms with Crippen LogP contribution in [0.2, 0.25) is 0 Å². The molecule has 0 aromatic heterocycles. The molecule has 1 aliphatic heterocycles. The molecule has 2 aliphatic rings. The largest absolute Gasteiger partial charge is 0.476 e. The number of allylic oxidation sites excluding steroid dienone is 3. The highest BCUT2D eigenvalue weighted by Crippen LogP contribution is 2.40. The van der Waals surface area contributed by atoms with Crippen molar-refractivity contribution in [2.24, 2.45) is 11.5 Å². The minimum atomic E-state index is -3.00. The van der Waals surface area contributed by atoms with E-state index >= 15 is 0 Å². The SMILES string of the molecule is CC1=CC(N)=C(N2C(C(N)=O)=COC2C)CC1(F)F. The fraction of sp³-hybridized carbons (Fsp3) is 0.417. The summed E-state index contributed by atoms with van der Waals surface area (Å²) in [6.45, 7) is 2.94. The van der Waals surface area contributed by atoms with Gasteiger partial charge in [0.05, 0.1) is 17.8 Å². The fourth-order valence-electron chi connectivity index (χ4n) is 2.12. The molecule has 0 saturated heterocycles. The summed E-state index contributed by atoms with van der Waals surface area (Å²) in [5.41, 5.74) is 11.2. The Morgan fingerprint density at radius 3 is 2.79 bits per heavy atom. The number of alkyl halides is 2. The number of amides is 1. The minimum Gasteiger partial charge on any atom is -0.476 e. The highest BCUT2D eigenvalue weighted by atomic mass is 19.3. The van der Waals surface area contributed by atoms with Crippen LogP contribution in [0.25, 0.3) is 0 Å². The van der Waals surface area contributed by atoms with E-state index in [1.165, 1.54) is 17.9 Å². The van der Waals surface area contributed by atoms with Gasteiger partial charge in [-0.05, 0) is 25.5 Å². The number of rotatable bonds is 2. The van der Waals surface area contributed by atoms with Crippen LogP contribution in [0.5, 0.6) is 0 Å². The van der Waals surface area contributed by atoms with Gasteiger partial charge in [0, 0.05) is 0 Å². The van der Waals surface area contributed by atoms with E-state index in [1.54, 1.807) is 6.92 Å². The van der Waals surface area contributed by atoms with E-state index in [-0.39, 0.29) is 22.7 Å². The summed E-state index contributed by atoms with van der Waals surface area (Å²) < 4.78 is 32.7. The fourth-order valence-corrected chi connectivity index (χ4v) is 2.12. The van der Waals surface area contributed by atoms with E-state index in [4.69, 9.17) is 16.2 Å². The van der Waals surface area contributed by atoms with Crippen LogP contribution in [0.3, 0.4) is 0 Å². The van der Waals surface area contributed by atoms with E-state index in [9.17, 15) is 13.6 Å². The Morgan fingerprint density at radius 1 is 1.58 bits per heavy atom. The second-order valence-electron chi connectivity index (χ2n) is 4.58. The molecule has 0 aromatic carbocycles. The Balaban J connectivity index is 2.43. The molecule has 0 saturated carbocycles. The number of halogens is 2. The first-order valence-corrected chi connectivity index (χ1v) is 5.74. The number of carbonyl (C=O) groups excluding carboxylic acids is 1. The first kappa shape index (κ1) is 13.4. The highest BCUT2D eigenvalue weighted by molar-refractivity contribution is 5.91. The van der Waals surface area contributed by atoms with Crippen LogP contribution in [0.15, 0.2) is 35.0 Å². The van der Waals surface area contributed by atoms with Crippen molar-refractivity contribution in [2.45, 2.75) is 32.4 Å². The molecule has 1 unspecified atom stereocenters. The maximum atomic E-state index is 13.8. The predicted molar refractivity (Wildman–Crippen MR) is 64.2 cm³/mol. The maximum absolute atomic E-state index is 13.8. The first-order chi connectivity index (χ1) is 8.74. The quantitative estimate of drug-likeness (QED) is 0.789. The van der Waals surface area contributed by atoms with Crippen molar-refractivity contribution >= 4 is 5.91 Å². The third-order valence-corrected chi connectivity index (χ3v) is 3.21. The Labute approximate surface area is 109 Å². The molecular formula is C12H15F2N3O2. The lowest BCUT2D eigenvalue weighted by Crippen LogP contribution is -2.38. The van der Waals surface area contributed by atoms with Gasteiger partial charge >= 0.3 is 0 Å². The minimum absolute atomic E-state index is 0.0224. The van der Waals surface area contributed by atoms with Crippen molar-refractivity contribution in [3.05, 3.63) is 35.0 Å². The molecule has 1 aliphatic carbocycles. The second-order valence-corrected chi connectivity index (χ2v) is 4.58. The van der Waals surface area contributed by atoms with Crippen LogP contribution in [0.4, 0.5) is 8.78 Å². The molecule has 104 valence electrons. The lowest BCUT2D eigenvalue weighted by molar-refractivity contribution is -0.116. The lowest BCUT2D eigenvalue weighted by Gasteiger charge is -2.33. The third kappa shape index (κ3) is 2.16. The zero-order valence-corrected chi connectivity index (χ0v) is 10.6. The number of ether oxygens (including phenoxy) is 1. The molecule has 0 radical (unpaired) electrons. The zero-order valence-electron chi connectivity index (χ0n) is 10.6. The molecule has 4 N–H and O–H groups in total. The van der Waals surface area contributed by atoms with Gasteiger partial charge in [-0.1, -0.05) is 0 Å². The summed E-state index contributed by atoms with van der Waals surface area (Å²) in [4.78, 5) is 12.6. The van der Waals surface area contributed by atoms with Crippen molar-refractivity contribution < 1.29 is 18.3 Å². The Hall–Kier alpha value is -2.05. The maximum Gasteiger partial charge on any atom is 0.274 e. The molecule has 1 amide bonds. The van der Waals surface area contributed by atoms with Crippen molar-refractivity contribution in [1.82, 2.24) is 4.90 Å². The molecule has 0 bridgehead atoms. The number of hydrogen-bond donors (Lipinski definition) is 2. The summed E-state index contributed by atoms with van der Waals surface area (Å²) in [6.07, 6.45) is 1.19. The number of nitrogens with zero attached hydrogens (tertiary/aromatic N) is 1. The van der Waals surface area contributed by atoms with Crippen LogP contribution in [-0.4, -0.2) is 23.0 Å². The average Bonchev–Trinajstić information content (AvgIpc) is 2.66. The van der Waals surface area contributed by atoms with Crippen LogP contribution in [0.1, 0.15) is 20.3 Å². The predicted octanol–water partition coefficient (Wildman–Crippen LogP) is 1.15. The Kier molecular flexibility index (Phi) is 3.00. The van der Waals surface area contributed by atoms with Crippen LogP contribution in [0, 0.1) is 0 Å². The van der Waals surface area contributed by atoms with Gasteiger partial charge in [-0.3, -0.25) is 9.69 Å². The normalized spacial score (nSPS) is 25.9. The summed E-state index contributed by atoms with van der Waals surface area (Å²) >= 11 is 0. The van der Waals surface area contributed by atoms with Gasteiger partial charge in [0.2, 0.25) is 0 Å². The standard InChI is InChI=1S/C12H15F2N3O2/c1-6-3-8(15)9(4-12(6,13)14)17-7(2)19-5-10(17)11(16)18/h3,5,7H,4,15H2,1-2H3,(H2,16,18). The lowest BCUT2D eigenvalue weighted by atomic mass is 9.96. The molecule has 1 heterocycles. The van der Waals surface area contributed by atoms with Crippen molar-refractivity contribution in [1.29, 1.82) is 0 Å². The number of hydrogen-bond acceptors (Lipinski definition) is 4. The number of primary amides is 1. The smallest absolute Gasteiger partial charge is 0.274 e. The van der Waals surface area contributed by atoms with E-state index in [1.807, 2.05) is 0 Å². The molecule has 2 rings (SSSR count). The van der Waals surface area contributed by atoms with E-state index < -0.39 is 24.5 Å². The monoisotopic (exact) mass is 271 g/mol. The van der Waals surface area contributed by atoms with Gasteiger partial charge in [-0.2, -0.15) is 0 Å². The van der Waals surface area contributed by atoms with Gasteiger partial charge in [0.1, 0.15) is 12.0 Å². The number of carbonyl (C=O) groups is 1. The molecular weight excluding hydrogens is 256 g/mol. The summed E-state index contributed by atoms with van der Waals surface area (Å²) in [7, 11) is 0. The molecule has 0 spiro atoms. The topological polar surface area (TPSA) is 81.6 Å². The van der Waals surface area contributed by atoms with E-state index in [0.29, 0.717) is 0 Å². The summed E-state index contributed by atoms with van der Waals surface area (Å²) in [5.74, 6) is -3.75. The average molecular weight is 271 g/mol. The van der Waals surface area contributed by atoms with Crippen LogP contribution >= 0.6 is 0 Å². The van der Waals surface area contributed by atoms with Gasteiger partial charge < -0.3 is 16.2 Å². The molecule has 19 heavy (non-hydrogen) atoms. The van der Waals surface area contributed by atoms with Crippen LogP contribution in [-0.2, 0) is 9.53 Å². The Bertz CT molecular complexity index is 523. The molecule has 1 atom stereocenters. The van der Waals surface area contributed by atoms with Crippen molar-refractivity contribution in [3.63, 3.8) is 0 Å². The Morgan fingerprint density at radius 2 is 2.21 bits per heavy atom. The second kappa shape index (κ2) is 4.25. The van der Waals surface area contributed by atoms with Crippen molar-refractivity contribution in [2.75, 3.05) is 0 Å². The summed E-state index contributed by atoms with van der Waals surface area (Å²) in [6, 6.07) is 0. The van der Waals surface area contributed by atoms with E-state index in [0.717, 1.165) is 6.26 Å². The molecule has 0 aromatic rings. The molecule has 0 fully saturated rings. The highest BCUT2D eigenvalue weighted by Gasteiger charge is 2.41. The van der Waals surface area contributed by atoms with Gasteiger partial charge in [0.15, 0.2) is 6.23 Å². The van der Waals surface area contributed by atoms with Gasteiger partial charge in [-0.25, -0.2) is 8.78 Å². The van der Waals surface area contributed by atoms with Gasteiger partial charge in [0.25, 0.3) is 11.8 Å². The van der Waals surface area contributed by atoms with E-state index in [2.05, 4.69) is 0 Å². The van der Waals surface area contributed by atoms with Gasteiger partial charge in [-0.15, -0.1) is 0 Å².